The van der Waals surface area contributed by atoms with E-state index in [1.165, 1.54) is 11.1 Å². The number of carbonyl (C=O) groups excluding carboxylic acids is 1. The maximum Gasteiger partial charge on any atom is 0.232 e. The fraction of sp³-hybridized carbons (Fsp3) is 0.385. The summed E-state index contributed by atoms with van der Waals surface area (Å²) >= 11 is 1.62. The maximum absolute atomic E-state index is 12.7. The Labute approximate surface area is 189 Å². The third kappa shape index (κ3) is 5.79. The van der Waals surface area contributed by atoms with Gasteiger partial charge in [-0.1, -0.05) is 48.0 Å². The number of carbonyl (C=O) groups is 1. The van der Waals surface area contributed by atoms with Crippen LogP contribution in [0.15, 0.2) is 59.0 Å². The van der Waals surface area contributed by atoms with Crippen molar-refractivity contribution >= 4 is 17.7 Å². The van der Waals surface area contributed by atoms with E-state index < -0.39 is 0 Å². The van der Waals surface area contributed by atoms with Crippen LogP contribution in [0, 0.1) is 19.8 Å². The molecule has 1 aliphatic rings. The predicted molar refractivity (Wildman–Crippen MR) is 127 cm³/mol. The Morgan fingerprint density at radius 1 is 1.10 bits per heavy atom. The number of nitrogens with zero attached hydrogens (tertiary/aromatic N) is 2. The van der Waals surface area contributed by atoms with Crippen LogP contribution in [-0.2, 0) is 17.0 Å². The molecular weight excluding hydrogens is 404 g/mol. The van der Waals surface area contributed by atoms with E-state index in [4.69, 9.17) is 4.42 Å². The van der Waals surface area contributed by atoms with Crippen molar-refractivity contribution in [2.24, 2.45) is 5.92 Å². The molecule has 0 radical (unpaired) electrons. The van der Waals surface area contributed by atoms with Gasteiger partial charge in [-0.25, -0.2) is 4.98 Å². The number of aromatic nitrogens is 1. The zero-order valence-corrected chi connectivity index (χ0v) is 19.2. The minimum absolute atomic E-state index is 0.239. The molecule has 0 bridgehead atoms. The van der Waals surface area contributed by atoms with E-state index in [1.54, 1.807) is 11.8 Å². The lowest BCUT2D eigenvalue weighted by atomic mass is 9.90. The summed E-state index contributed by atoms with van der Waals surface area (Å²) in [4.78, 5) is 19.4. The van der Waals surface area contributed by atoms with E-state index in [-0.39, 0.29) is 5.91 Å². The van der Waals surface area contributed by atoms with Crippen molar-refractivity contribution in [2.75, 3.05) is 18.8 Å². The fourth-order valence-electron chi connectivity index (χ4n) is 4.12. The lowest BCUT2D eigenvalue weighted by Crippen LogP contribution is -2.39. The Bertz CT molecular complexity index is 1010. The second-order valence-corrected chi connectivity index (χ2v) is 9.38. The van der Waals surface area contributed by atoms with Gasteiger partial charge in [0.2, 0.25) is 11.8 Å². The monoisotopic (exact) mass is 434 g/mol. The summed E-state index contributed by atoms with van der Waals surface area (Å²) in [6, 6.07) is 18.8. The van der Waals surface area contributed by atoms with Gasteiger partial charge in [0.05, 0.1) is 11.4 Å². The van der Waals surface area contributed by atoms with E-state index in [2.05, 4.69) is 54.4 Å². The normalized spacial score (nSPS) is 14.7. The number of oxazole rings is 1. The first kappa shape index (κ1) is 21.7. The van der Waals surface area contributed by atoms with Crippen LogP contribution in [0.25, 0.3) is 11.5 Å². The number of hydrogen-bond acceptors (Lipinski definition) is 4. The molecule has 5 heteroatoms. The van der Waals surface area contributed by atoms with Crippen molar-refractivity contribution < 1.29 is 9.21 Å². The molecule has 1 aliphatic heterocycles. The van der Waals surface area contributed by atoms with Gasteiger partial charge in [-0.05, 0) is 56.7 Å². The van der Waals surface area contributed by atoms with Crippen LogP contribution in [0.2, 0.25) is 0 Å². The van der Waals surface area contributed by atoms with Crippen LogP contribution in [0.1, 0.15) is 35.4 Å². The smallest absolute Gasteiger partial charge is 0.232 e. The van der Waals surface area contributed by atoms with Gasteiger partial charge < -0.3 is 9.32 Å². The molecule has 0 unspecified atom stereocenters. The molecule has 0 spiro atoms. The second-order valence-electron chi connectivity index (χ2n) is 8.40. The molecule has 0 atom stereocenters. The van der Waals surface area contributed by atoms with Crippen LogP contribution in [0.4, 0.5) is 0 Å². The summed E-state index contributed by atoms with van der Waals surface area (Å²) in [5.74, 6) is 3.59. The molecule has 4 rings (SSSR count). The molecule has 31 heavy (non-hydrogen) atoms. The number of piperidine rings is 1. The van der Waals surface area contributed by atoms with Gasteiger partial charge in [0.25, 0.3) is 0 Å². The second kappa shape index (κ2) is 10.2. The highest BCUT2D eigenvalue weighted by Crippen LogP contribution is 2.26. The maximum atomic E-state index is 12.7. The molecular formula is C26H30N2O2S. The molecule has 0 saturated carbocycles. The van der Waals surface area contributed by atoms with E-state index in [9.17, 15) is 4.79 Å². The molecule has 1 aromatic heterocycles. The summed E-state index contributed by atoms with van der Waals surface area (Å²) in [6.07, 6.45) is 3.30. The van der Waals surface area contributed by atoms with Crippen molar-refractivity contribution in [1.82, 2.24) is 9.88 Å². The average molecular weight is 435 g/mol. The first-order valence-corrected chi connectivity index (χ1v) is 12.2. The number of likely N-dealkylation sites (tertiary alicyclic amines) is 1. The molecule has 1 fully saturated rings. The Morgan fingerprint density at radius 2 is 1.87 bits per heavy atom. The molecule has 1 amide bonds. The number of thioether (sulfide) groups is 1. The first-order chi connectivity index (χ1) is 15.1. The summed E-state index contributed by atoms with van der Waals surface area (Å²) in [5, 5.41) is 0. The van der Waals surface area contributed by atoms with Crippen molar-refractivity contribution in [3.63, 3.8) is 0 Å². The zero-order valence-electron chi connectivity index (χ0n) is 18.3. The highest BCUT2D eigenvalue weighted by Gasteiger charge is 2.23. The minimum Gasteiger partial charge on any atom is -0.441 e. The topological polar surface area (TPSA) is 46.3 Å². The number of aryl methyl sites for hydroxylation is 2. The van der Waals surface area contributed by atoms with Gasteiger partial charge in [0, 0.05) is 24.4 Å². The van der Waals surface area contributed by atoms with Crippen LogP contribution in [0.5, 0.6) is 0 Å². The lowest BCUT2D eigenvalue weighted by Gasteiger charge is -2.32. The molecule has 1 saturated heterocycles. The minimum atomic E-state index is 0.239. The van der Waals surface area contributed by atoms with E-state index in [0.29, 0.717) is 23.3 Å². The molecule has 2 aromatic carbocycles. The average Bonchev–Trinajstić information content (AvgIpc) is 3.15. The Balaban J connectivity index is 1.23. The predicted octanol–water partition coefficient (Wildman–Crippen LogP) is 5.67. The fourth-order valence-corrected chi connectivity index (χ4v) is 5.04. The van der Waals surface area contributed by atoms with Crippen LogP contribution in [-0.4, -0.2) is 34.6 Å². The third-order valence-corrected chi connectivity index (χ3v) is 6.89. The standard InChI is InChI=1S/C26H30N2O2S/c1-19-7-6-10-23(15-19)26-27-24(20(2)30-26)17-31-18-25(29)28-13-11-22(12-14-28)16-21-8-4-3-5-9-21/h3-10,15,22H,11-14,16-18H2,1-2H3. The van der Waals surface area contributed by atoms with E-state index >= 15 is 0 Å². The highest BCUT2D eigenvalue weighted by molar-refractivity contribution is 7.99. The van der Waals surface area contributed by atoms with Gasteiger partial charge in [-0.15, -0.1) is 11.8 Å². The Hall–Kier alpha value is -2.53. The van der Waals surface area contributed by atoms with Gasteiger partial charge in [0.15, 0.2) is 0 Å². The number of amides is 1. The summed E-state index contributed by atoms with van der Waals surface area (Å²) in [6.45, 7) is 5.75. The SMILES string of the molecule is Cc1cccc(-c2nc(CSCC(=O)N3CCC(Cc4ccccc4)CC3)c(C)o2)c1. The van der Waals surface area contributed by atoms with Gasteiger partial charge in [-0.2, -0.15) is 0 Å². The van der Waals surface area contributed by atoms with Crippen LogP contribution < -0.4 is 0 Å². The number of hydrogen-bond donors (Lipinski definition) is 0. The Kier molecular flexibility index (Phi) is 7.13. The molecule has 0 N–H and O–H groups in total. The van der Waals surface area contributed by atoms with Crippen molar-refractivity contribution in [3.05, 3.63) is 77.2 Å². The van der Waals surface area contributed by atoms with Gasteiger partial charge in [0.1, 0.15) is 5.76 Å². The highest BCUT2D eigenvalue weighted by atomic mass is 32.2. The third-order valence-electron chi connectivity index (χ3n) is 5.96. The quantitative estimate of drug-likeness (QED) is 0.480. The van der Waals surface area contributed by atoms with Crippen molar-refractivity contribution in [3.8, 4) is 11.5 Å². The zero-order chi connectivity index (χ0) is 21.6. The van der Waals surface area contributed by atoms with Crippen LogP contribution in [0.3, 0.4) is 0 Å². The molecule has 4 nitrogen and oxygen atoms in total. The lowest BCUT2D eigenvalue weighted by molar-refractivity contribution is -0.129. The number of benzene rings is 2. The van der Waals surface area contributed by atoms with Gasteiger partial charge in [-0.3, -0.25) is 4.79 Å². The molecule has 3 aromatic rings. The van der Waals surface area contributed by atoms with Crippen LogP contribution >= 0.6 is 11.8 Å². The summed E-state index contributed by atoms with van der Waals surface area (Å²) in [5.41, 5.74) is 4.50. The van der Waals surface area contributed by atoms with E-state index in [1.807, 2.05) is 24.0 Å². The molecule has 162 valence electrons. The number of rotatable bonds is 7. The summed E-state index contributed by atoms with van der Waals surface area (Å²) < 4.78 is 5.87. The van der Waals surface area contributed by atoms with Gasteiger partial charge >= 0.3 is 0 Å². The molecule has 0 aliphatic carbocycles. The molecule has 2 heterocycles. The first-order valence-electron chi connectivity index (χ1n) is 11.0. The van der Waals surface area contributed by atoms with Crippen molar-refractivity contribution in [1.29, 1.82) is 0 Å². The summed E-state index contributed by atoms with van der Waals surface area (Å²) in [7, 11) is 0. The Morgan fingerprint density at radius 3 is 2.61 bits per heavy atom. The largest absolute Gasteiger partial charge is 0.441 e. The van der Waals surface area contributed by atoms with Crippen molar-refractivity contribution in [2.45, 2.75) is 38.9 Å². The van der Waals surface area contributed by atoms with E-state index in [0.717, 1.165) is 49.4 Å².